The van der Waals surface area contributed by atoms with Gasteiger partial charge in [0.1, 0.15) is 0 Å². The Labute approximate surface area is 95.0 Å². The van der Waals surface area contributed by atoms with E-state index in [0.717, 1.165) is 18.8 Å². The average molecular weight is 220 g/mol. The third kappa shape index (κ3) is 4.61. The van der Waals surface area contributed by atoms with Gasteiger partial charge in [-0.05, 0) is 25.3 Å². The lowest BCUT2D eigenvalue weighted by Crippen LogP contribution is -2.29. The van der Waals surface area contributed by atoms with Crippen LogP contribution in [0.3, 0.4) is 0 Å². The number of benzene rings is 1. The van der Waals surface area contributed by atoms with Gasteiger partial charge in [-0.25, -0.2) is 4.79 Å². The van der Waals surface area contributed by atoms with Gasteiger partial charge in [-0.15, -0.1) is 0 Å². The summed E-state index contributed by atoms with van der Waals surface area (Å²) in [5.74, 6) is -0.872. The average Bonchev–Trinajstić information content (AvgIpc) is 2.32. The van der Waals surface area contributed by atoms with E-state index >= 15 is 0 Å². The predicted molar refractivity (Wildman–Crippen MR) is 63.3 cm³/mol. The molecule has 0 saturated heterocycles. The van der Waals surface area contributed by atoms with E-state index in [1.165, 1.54) is 0 Å². The fraction of sp³-hybridized carbons (Fsp3) is 0.250. The van der Waals surface area contributed by atoms with Crippen molar-refractivity contribution in [2.75, 3.05) is 13.2 Å². The maximum absolute atomic E-state index is 10.4. The molecule has 0 bridgehead atoms. The number of aryl methyl sites for hydroxylation is 1. The van der Waals surface area contributed by atoms with Crippen LogP contribution in [0.2, 0.25) is 0 Å². The molecule has 16 heavy (non-hydrogen) atoms. The van der Waals surface area contributed by atoms with E-state index in [4.69, 9.17) is 5.11 Å². The summed E-state index contributed by atoms with van der Waals surface area (Å²) in [6.07, 6.45) is 4.00. The Kier molecular flexibility index (Phi) is 5.08. The van der Waals surface area contributed by atoms with Crippen molar-refractivity contribution in [3.05, 3.63) is 47.7 Å². The van der Waals surface area contributed by atoms with Crippen molar-refractivity contribution < 1.29 is 9.90 Å². The van der Waals surface area contributed by atoms with Crippen LogP contribution in [-0.4, -0.2) is 24.3 Å². The fourth-order valence-electron chi connectivity index (χ4n) is 1.21. The number of hydrogen-bond donors (Lipinski definition) is 3. The molecule has 86 valence electrons. The summed E-state index contributed by atoms with van der Waals surface area (Å²) in [7, 11) is 0. The predicted octanol–water partition coefficient (Wildman–Crippen LogP) is 1.34. The van der Waals surface area contributed by atoms with E-state index in [-0.39, 0.29) is 0 Å². The number of rotatable bonds is 1. The van der Waals surface area contributed by atoms with Crippen LogP contribution in [0, 0.1) is 6.92 Å². The topological polar surface area (TPSA) is 61.4 Å². The number of hydrogen-bond acceptors (Lipinski definition) is 3. The van der Waals surface area contributed by atoms with Gasteiger partial charge in [-0.1, -0.05) is 23.8 Å². The zero-order chi connectivity index (χ0) is 11.8. The second kappa shape index (κ2) is 6.63. The largest absolute Gasteiger partial charge is 0.478 e. The molecular weight excluding hydrogens is 204 g/mol. The molecule has 0 unspecified atom stereocenters. The molecule has 1 aromatic carbocycles. The van der Waals surface area contributed by atoms with E-state index in [1.54, 1.807) is 18.2 Å². The molecule has 4 nitrogen and oxygen atoms in total. The molecular formula is C12H16N2O2. The molecule has 1 aliphatic rings. The van der Waals surface area contributed by atoms with Gasteiger partial charge < -0.3 is 10.4 Å². The van der Waals surface area contributed by atoms with E-state index in [9.17, 15) is 4.79 Å². The van der Waals surface area contributed by atoms with Crippen molar-refractivity contribution in [3.8, 4) is 0 Å². The monoisotopic (exact) mass is 220 g/mol. The highest BCUT2D eigenvalue weighted by atomic mass is 16.4. The Balaban J connectivity index is 0.000000181. The van der Waals surface area contributed by atoms with E-state index in [1.807, 2.05) is 25.3 Å². The van der Waals surface area contributed by atoms with Crippen molar-refractivity contribution in [2.45, 2.75) is 6.92 Å². The number of carboxylic acids is 1. The van der Waals surface area contributed by atoms with Crippen molar-refractivity contribution in [1.29, 1.82) is 0 Å². The molecule has 3 N–H and O–H groups in total. The molecule has 1 aromatic rings. The molecule has 1 aliphatic heterocycles. The zero-order valence-corrected chi connectivity index (χ0v) is 9.23. The van der Waals surface area contributed by atoms with Gasteiger partial charge >= 0.3 is 5.97 Å². The molecule has 0 radical (unpaired) electrons. The highest BCUT2D eigenvalue weighted by molar-refractivity contribution is 5.87. The van der Waals surface area contributed by atoms with Crippen LogP contribution in [0.25, 0.3) is 0 Å². The third-order valence-corrected chi connectivity index (χ3v) is 1.99. The van der Waals surface area contributed by atoms with Gasteiger partial charge in [-0.3, -0.25) is 5.32 Å². The van der Waals surface area contributed by atoms with Gasteiger partial charge in [0.2, 0.25) is 0 Å². The van der Waals surface area contributed by atoms with Crippen LogP contribution in [0.5, 0.6) is 0 Å². The minimum absolute atomic E-state index is 0.347. The summed E-state index contributed by atoms with van der Waals surface area (Å²) in [5, 5.41) is 14.6. The number of nitrogens with one attached hydrogen (secondary N) is 2. The summed E-state index contributed by atoms with van der Waals surface area (Å²) < 4.78 is 0. The standard InChI is InChI=1S/C8H8O2.C4H8N2/c1-6-3-2-4-7(5-6)8(9)10;1-2-5-4-6-3-1/h2-5H,1H3,(H,9,10);1-2,5-6H,3-4H2. The molecule has 0 spiro atoms. The highest BCUT2D eigenvalue weighted by Crippen LogP contribution is 2.02. The summed E-state index contributed by atoms with van der Waals surface area (Å²) in [6, 6.07) is 6.82. The van der Waals surface area contributed by atoms with Crippen molar-refractivity contribution in [2.24, 2.45) is 0 Å². The number of carboxylic acid groups (broad SMARTS) is 1. The Hall–Kier alpha value is -1.81. The van der Waals surface area contributed by atoms with Crippen molar-refractivity contribution in [1.82, 2.24) is 10.6 Å². The van der Waals surface area contributed by atoms with E-state index in [2.05, 4.69) is 10.6 Å². The van der Waals surface area contributed by atoms with Gasteiger partial charge in [0, 0.05) is 6.54 Å². The maximum atomic E-state index is 10.4. The van der Waals surface area contributed by atoms with E-state index in [0.29, 0.717) is 5.56 Å². The normalized spacial score (nSPS) is 13.3. The minimum Gasteiger partial charge on any atom is -0.478 e. The third-order valence-electron chi connectivity index (χ3n) is 1.99. The summed E-state index contributed by atoms with van der Waals surface area (Å²) in [6.45, 7) is 3.79. The Morgan fingerprint density at radius 1 is 1.44 bits per heavy atom. The molecule has 0 saturated carbocycles. The van der Waals surface area contributed by atoms with Crippen LogP contribution in [-0.2, 0) is 0 Å². The van der Waals surface area contributed by atoms with Gasteiger partial charge in [0.15, 0.2) is 0 Å². The quantitative estimate of drug-likeness (QED) is 0.668. The molecule has 1 heterocycles. The van der Waals surface area contributed by atoms with Gasteiger partial charge in [0.05, 0.1) is 12.2 Å². The minimum atomic E-state index is -0.872. The lowest BCUT2D eigenvalue weighted by Gasteiger charge is -2.05. The van der Waals surface area contributed by atoms with Crippen LogP contribution in [0.4, 0.5) is 0 Å². The molecule has 4 heteroatoms. The van der Waals surface area contributed by atoms with E-state index < -0.39 is 5.97 Å². The second-order valence-corrected chi connectivity index (χ2v) is 3.41. The summed E-state index contributed by atoms with van der Waals surface area (Å²) in [4.78, 5) is 10.4. The first kappa shape index (κ1) is 12.3. The van der Waals surface area contributed by atoms with Crippen LogP contribution < -0.4 is 10.6 Å². The lowest BCUT2D eigenvalue weighted by molar-refractivity contribution is 0.0697. The number of carbonyl (C=O) groups is 1. The van der Waals surface area contributed by atoms with Crippen LogP contribution in [0.15, 0.2) is 36.5 Å². The van der Waals surface area contributed by atoms with Crippen molar-refractivity contribution >= 4 is 5.97 Å². The smallest absolute Gasteiger partial charge is 0.335 e. The second-order valence-electron chi connectivity index (χ2n) is 3.41. The zero-order valence-electron chi connectivity index (χ0n) is 9.23. The highest BCUT2D eigenvalue weighted by Gasteiger charge is 1.99. The molecule has 0 amide bonds. The van der Waals surface area contributed by atoms with Gasteiger partial charge in [0.25, 0.3) is 0 Å². The maximum Gasteiger partial charge on any atom is 0.335 e. The Bertz CT molecular complexity index is 367. The molecule has 0 aromatic heterocycles. The molecule has 0 aliphatic carbocycles. The summed E-state index contributed by atoms with van der Waals surface area (Å²) in [5.41, 5.74) is 1.32. The molecule has 0 atom stereocenters. The van der Waals surface area contributed by atoms with Crippen LogP contribution >= 0.6 is 0 Å². The lowest BCUT2D eigenvalue weighted by atomic mass is 10.1. The van der Waals surface area contributed by atoms with Gasteiger partial charge in [-0.2, -0.15) is 0 Å². The van der Waals surface area contributed by atoms with Crippen molar-refractivity contribution in [3.63, 3.8) is 0 Å². The first-order chi connectivity index (χ1) is 7.70. The van der Waals surface area contributed by atoms with Crippen LogP contribution in [0.1, 0.15) is 15.9 Å². The SMILES string of the molecule is C1=CNCNC1.Cc1cccc(C(=O)O)c1. The first-order valence-electron chi connectivity index (χ1n) is 5.09. The Morgan fingerprint density at radius 3 is 2.56 bits per heavy atom. The fourth-order valence-corrected chi connectivity index (χ4v) is 1.21. The molecule has 0 fully saturated rings. The molecule has 2 rings (SSSR count). The first-order valence-corrected chi connectivity index (χ1v) is 5.09. The summed E-state index contributed by atoms with van der Waals surface area (Å²) >= 11 is 0. The number of aromatic carboxylic acids is 1. The Morgan fingerprint density at radius 2 is 2.25 bits per heavy atom.